The first-order valence-corrected chi connectivity index (χ1v) is 8.72. The van der Waals surface area contributed by atoms with Crippen molar-refractivity contribution in [2.45, 2.75) is 6.92 Å². The van der Waals surface area contributed by atoms with E-state index in [9.17, 15) is 4.39 Å². The van der Waals surface area contributed by atoms with Crippen molar-refractivity contribution in [2.75, 3.05) is 6.54 Å². The van der Waals surface area contributed by atoms with Crippen LogP contribution in [0.5, 0.6) is 0 Å². The fraction of sp³-hybridized carbons (Fsp3) is 0.100. The Balaban J connectivity index is 2.06. The lowest BCUT2D eigenvalue weighted by molar-refractivity contribution is 0.628. The van der Waals surface area contributed by atoms with Gasteiger partial charge in [0.15, 0.2) is 0 Å². The molecule has 0 unspecified atom stereocenters. The zero-order valence-electron chi connectivity index (χ0n) is 13.9. The van der Waals surface area contributed by atoms with Gasteiger partial charge in [0.05, 0.1) is 18.5 Å². The Hall–Kier alpha value is -2.79. The lowest BCUT2D eigenvalue weighted by Crippen LogP contribution is -2.13. The highest BCUT2D eigenvalue weighted by Gasteiger charge is 2.07. The molecule has 0 aliphatic rings. The lowest BCUT2D eigenvalue weighted by Gasteiger charge is -2.03. The third kappa shape index (κ3) is 4.39. The summed E-state index contributed by atoms with van der Waals surface area (Å²) in [6.45, 7) is 6.38. The second-order valence-electron chi connectivity index (χ2n) is 5.65. The van der Waals surface area contributed by atoms with E-state index in [-0.39, 0.29) is 5.82 Å². The molecule has 1 heterocycles. The Kier molecular flexibility index (Phi) is 5.36. The molecule has 0 fully saturated rings. The predicted molar refractivity (Wildman–Crippen MR) is 102 cm³/mol. The summed E-state index contributed by atoms with van der Waals surface area (Å²) in [6, 6.07) is 16.2. The molecule has 0 aliphatic carbocycles. The molecule has 126 valence electrons. The van der Waals surface area contributed by atoms with Crippen LogP contribution in [0.25, 0.3) is 11.3 Å². The zero-order chi connectivity index (χ0) is 17.6. The van der Waals surface area contributed by atoms with Gasteiger partial charge in [-0.2, -0.15) is 5.10 Å². The molecule has 0 atom stereocenters. The summed E-state index contributed by atoms with van der Waals surface area (Å²) in [6.07, 6.45) is 1.79. The van der Waals surface area contributed by atoms with Gasteiger partial charge in [-0.05, 0) is 36.8 Å². The van der Waals surface area contributed by atoms with Crippen LogP contribution in [0.4, 0.5) is 4.39 Å². The molecule has 0 aliphatic heterocycles. The van der Waals surface area contributed by atoms with Gasteiger partial charge in [0.2, 0.25) is 4.80 Å². The minimum atomic E-state index is -0.259. The van der Waals surface area contributed by atoms with Crippen molar-refractivity contribution < 1.29 is 4.39 Å². The van der Waals surface area contributed by atoms with Crippen molar-refractivity contribution >= 4 is 17.6 Å². The number of aromatic nitrogens is 1. The predicted octanol–water partition coefficient (Wildman–Crippen LogP) is 4.71. The molecule has 0 radical (unpaired) electrons. The van der Waals surface area contributed by atoms with Gasteiger partial charge >= 0.3 is 0 Å². The number of hydrogen-bond donors (Lipinski definition) is 0. The summed E-state index contributed by atoms with van der Waals surface area (Å²) in [5, 5.41) is 6.58. The normalized spacial score (nSPS) is 12.0. The Morgan fingerprint density at radius 2 is 1.88 bits per heavy atom. The van der Waals surface area contributed by atoms with Gasteiger partial charge in [0.25, 0.3) is 0 Å². The van der Waals surface area contributed by atoms with Crippen LogP contribution < -0.4 is 4.80 Å². The van der Waals surface area contributed by atoms with Crippen LogP contribution in [-0.4, -0.2) is 17.4 Å². The third-order valence-electron chi connectivity index (χ3n) is 3.43. The molecule has 3 rings (SSSR count). The first kappa shape index (κ1) is 17.0. The Labute approximate surface area is 150 Å². The molecule has 0 N–H and O–H groups in total. The number of hydrogen-bond acceptors (Lipinski definition) is 3. The van der Waals surface area contributed by atoms with E-state index in [0.29, 0.717) is 6.54 Å². The standard InChI is InChI=1S/C20H18FN3S/c1-15(2)12-22-20-24(23-13-16-6-4-3-5-7-16)19(14-25-20)17-8-10-18(21)11-9-17/h3-11,13-14H,1,12H2,2H3. The van der Waals surface area contributed by atoms with E-state index in [4.69, 9.17) is 0 Å². The van der Waals surface area contributed by atoms with Gasteiger partial charge in [0.1, 0.15) is 5.82 Å². The van der Waals surface area contributed by atoms with Gasteiger partial charge in [0, 0.05) is 10.9 Å². The molecular weight excluding hydrogens is 333 g/mol. The van der Waals surface area contributed by atoms with Crippen molar-refractivity contribution in [3.63, 3.8) is 0 Å². The summed E-state index contributed by atoms with van der Waals surface area (Å²) >= 11 is 1.50. The summed E-state index contributed by atoms with van der Waals surface area (Å²) in [4.78, 5) is 5.35. The number of halogens is 1. The third-order valence-corrected chi connectivity index (χ3v) is 4.29. The van der Waals surface area contributed by atoms with Crippen LogP contribution in [-0.2, 0) is 0 Å². The van der Waals surface area contributed by atoms with E-state index >= 15 is 0 Å². The van der Waals surface area contributed by atoms with Gasteiger partial charge < -0.3 is 0 Å². The average Bonchev–Trinajstić information content (AvgIpc) is 3.02. The SMILES string of the molecule is C=C(C)CN=c1scc(-c2ccc(F)cc2)n1N=Cc1ccccc1. The van der Waals surface area contributed by atoms with E-state index in [1.54, 1.807) is 23.0 Å². The smallest absolute Gasteiger partial charge is 0.206 e. The van der Waals surface area contributed by atoms with Crippen LogP contribution >= 0.6 is 11.3 Å². The molecular formula is C20H18FN3S. The molecule has 25 heavy (non-hydrogen) atoms. The van der Waals surface area contributed by atoms with E-state index in [1.807, 2.05) is 42.6 Å². The molecule has 2 aromatic carbocycles. The van der Waals surface area contributed by atoms with Gasteiger partial charge in [-0.3, -0.25) is 4.99 Å². The molecule has 0 bridgehead atoms. The highest BCUT2D eigenvalue weighted by atomic mass is 32.1. The lowest BCUT2D eigenvalue weighted by atomic mass is 10.2. The van der Waals surface area contributed by atoms with Crippen LogP contribution in [0.15, 0.2) is 82.2 Å². The second-order valence-corrected chi connectivity index (χ2v) is 6.49. The summed E-state index contributed by atoms with van der Waals surface area (Å²) in [5.41, 5.74) is 3.74. The summed E-state index contributed by atoms with van der Waals surface area (Å²) in [7, 11) is 0. The maximum atomic E-state index is 13.2. The van der Waals surface area contributed by atoms with Crippen molar-refractivity contribution in [3.05, 3.63) is 88.3 Å². The summed E-state index contributed by atoms with van der Waals surface area (Å²) < 4.78 is 15.0. The van der Waals surface area contributed by atoms with Crippen LogP contribution in [0, 0.1) is 5.82 Å². The summed E-state index contributed by atoms with van der Waals surface area (Å²) in [5.74, 6) is -0.259. The second kappa shape index (κ2) is 7.85. The van der Waals surface area contributed by atoms with Gasteiger partial charge in [-0.1, -0.05) is 42.5 Å². The first-order valence-electron chi connectivity index (χ1n) is 7.84. The molecule has 3 nitrogen and oxygen atoms in total. The fourth-order valence-corrected chi connectivity index (χ4v) is 3.04. The molecule has 1 aromatic heterocycles. The highest BCUT2D eigenvalue weighted by molar-refractivity contribution is 7.07. The van der Waals surface area contributed by atoms with Crippen LogP contribution in [0.3, 0.4) is 0 Å². The monoisotopic (exact) mass is 351 g/mol. The highest BCUT2D eigenvalue weighted by Crippen LogP contribution is 2.20. The quantitative estimate of drug-likeness (QED) is 0.470. The number of thiazole rings is 1. The van der Waals surface area contributed by atoms with E-state index < -0.39 is 0 Å². The van der Waals surface area contributed by atoms with Crippen LogP contribution in [0.1, 0.15) is 12.5 Å². The van der Waals surface area contributed by atoms with E-state index in [0.717, 1.165) is 27.2 Å². The number of nitrogens with zero attached hydrogens (tertiary/aromatic N) is 3. The topological polar surface area (TPSA) is 29.6 Å². The Morgan fingerprint density at radius 3 is 2.56 bits per heavy atom. The molecule has 5 heteroatoms. The Morgan fingerprint density at radius 1 is 1.16 bits per heavy atom. The maximum absolute atomic E-state index is 13.2. The molecule has 3 aromatic rings. The van der Waals surface area contributed by atoms with E-state index in [2.05, 4.69) is 16.7 Å². The van der Waals surface area contributed by atoms with E-state index in [1.165, 1.54) is 23.5 Å². The first-order chi connectivity index (χ1) is 12.1. The van der Waals surface area contributed by atoms with Crippen LogP contribution in [0.2, 0.25) is 0 Å². The van der Waals surface area contributed by atoms with Gasteiger partial charge in [-0.25, -0.2) is 9.07 Å². The zero-order valence-corrected chi connectivity index (χ0v) is 14.7. The molecule has 0 saturated carbocycles. The largest absolute Gasteiger partial charge is 0.253 e. The molecule has 0 spiro atoms. The van der Waals surface area contributed by atoms with Crippen molar-refractivity contribution in [1.82, 2.24) is 4.68 Å². The number of rotatable bonds is 5. The van der Waals surface area contributed by atoms with Gasteiger partial charge in [-0.15, -0.1) is 11.3 Å². The van der Waals surface area contributed by atoms with Crippen molar-refractivity contribution in [2.24, 2.45) is 10.1 Å². The maximum Gasteiger partial charge on any atom is 0.206 e. The number of benzene rings is 2. The Bertz CT molecular complexity index is 951. The fourth-order valence-electron chi connectivity index (χ4n) is 2.20. The van der Waals surface area contributed by atoms with Crippen molar-refractivity contribution in [3.8, 4) is 11.3 Å². The average molecular weight is 351 g/mol. The minimum Gasteiger partial charge on any atom is -0.253 e. The molecule has 0 amide bonds. The molecule has 0 saturated heterocycles. The van der Waals surface area contributed by atoms with Crippen molar-refractivity contribution in [1.29, 1.82) is 0 Å². The minimum absolute atomic E-state index is 0.259.